The summed E-state index contributed by atoms with van der Waals surface area (Å²) in [5.41, 5.74) is 2.61. The third-order valence-electron chi connectivity index (χ3n) is 3.06. The fourth-order valence-electron chi connectivity index (χ4n) is 2.09. The van der Waals surface area contributed by atoms with Crippen LogP contribution in [0, 0.1) is 11.3 Å². The maximum atomic E-state index is 9.04. The lowest BCUT2D eigenvalue weighted by atomic mass is 10.2. The number of aromatic nitrogens is 4. The highest BCUT2D eigenvalue weighted by Gasteiger charge is 2.13. The Kier molecular flexibility index (Phi) is 3.65. The lowest BCUT2D eigenvalue weighted by Gasteiger charge is -2.08. The summed E-state index contributed by atoms with van der Waals surface area (Å²) >= 11 is 11.9. The van der Waals surface area contributed by atoms with Crippen molar-refractivity contribution in [2.24, 2.45) is 0 Å². The molecule has 0 radical (unpaired) electrons. The minimum Gasteiger partial charge on any atom is -0.342 e. The largest absolute Gasteiger partial charge is 0.342 e. The van der Waals surface area contributed by atoms with Crippen molar-refractivity contribution in [3.63, 3.8) is 0 Å². The van der Waals surface area contributed by atoms with Gasteiger partial charge in [0.2, 0.25) is 0 Å². The minimum atomic E-state index is 0.268. The van der Waals surface area contributed by atoms with E-state index in [9.17, 15) is 0 Å². The van der Waals surface area contributed by atoms with Gasteiger partial charge in [-0.05, 0) is 29.8 Å². The first-order valence-electron chi connectivity index (χ1n) is 6.09. The maximum absolute atomic E-state index is 9.04. The highest BCUT2D eigenvalue weighted by Crippen LogP contribution is 2.25. The summed E-state index contributed by atoms with van der Waals surface area (Å²) in [4.78, 5) is 0. The number of H-pyrrole nitrogens is 1. The zero-order valence-corrected chi connectivity index (χ0v) is 12.2. The molecule has 1 aromatic carbocycles. The van der Waals surface area contributed by atoms with Gasteiger partial charge in [-0.15, -0.1) is 5.10 Å². The third kappa shape index (κ3) is 2.64. The van der Waals surface area contributed by atoms with E-state index in [0.29, 0.717) is 22.3 Å². The van der Waals surface area contributed by atoms with Crippen LogP contribution in [0.15, 0.2) is 36.5 Å². The first-order chi connectivity index (χ1) is 10.2. The molecule has 7 heteroatoms. The van der Waals surface area contributed by atoms with Crippen LogP contribution in [0.5, 0.6) is 0 Å². The summed E-state index contributed by atoms with van der Waals surface area (Å²) in [5, 5.41) is 20.4. The summed E-state index contributed by atoms with van der Waals surface area (Å²) in [5.74, 6) is 0. The molecule has 0 aliphatic carbocycles. The van der Waals surface area contributed by atoms with Crippen molar-refractivity contribution in [2.45, 2.75) is 6.54 Å². The lowest BCUT2D eigenvalue weighted by molar-refractivity contribution is 0.810. The van der Waals surface area contributed by atoms with Crippen molar-refractivity contribution in [3.05, 3.63) is 57.8 Å². The number of hydrogen-bond donors (Lipinski definition) is 1. The molecule has 0 saturated heterocycles. The van der Waals surface area contributed by atoms with Gasteiger partial charge in [-0.25, -0.2) is 0 Å². The number of aromatic amines is 1. The van der Waals surface area contributed by atoms with Crippen molar-refractivity contribution in [1.29, 1.82) is 5.26 Å². The second kappa shape index (κ2) is 5.60. The van der Waals surface area contributed by atoms with Crippen LogP contribution in [0.2, 0.25) is 10.0 Å². The van der Waals surface area contributed by atoms with Gasteiger partial charge in [0.15, 0.2) is 5.69 Å². The van der Waals surface area contributed by atoms with E-state index in [4.69, 9.17) is 28.5 Å². The Morgan fingerprint density at radius 3 is 2.81 bits per heavy atom. The molecule has 104 valence electrons. The molecular formula is C14H9Cl2N5. The number of nitriles is 1. The first kappa shape index (κ1) is 13.7. The number of hydrogen-bond acceptors (Lipinski definition) is 3. The van der Waals surface area contributed by atoms with E-state index in [1.165, 1.54) is 0 Å². The van der Waals surface area contributed by atoms with Gasteiger partial charge in [-0.1, -0.05) is 29.3 Å². The van der Waals surface area contributed by atoms with E-state index in [0.717, 1.165) is 11.3 Å². The van der Waals surface area contributed by atoms with Gasteiger partial charge < -0.3 is 4.57 Å². The average molecular weight is 318 g/mol. The Morgan fingerprint density at radius 1 is 1.19 bits per heavy atom. The highest BCUT2D eigenvalue weighted by atomic mass is 35.5. The zero-order chi connectivity index (χ0) is 14.8. The quantitative estimate of drug-likeness (QED) is 0.803. The van der Waals surface area contributed by atoms with Crippen LogP contribution in [0.3, 0.4) is 0 Å². The van der Waals surface area contributed by atoms with Gasteiger partial charge in [0.1, 0.15) is 11.8 Å². The van der Waals surface area contributed by atoms with Gasteiger partial charge in [0.05, 0.1) is 15.7 Å². The highest BCUT2D eigenvalue weighted by molar-refractivity contribution is 6.42. The molecule has 0 amide bonds. The third-order valence-corrected chi connectivity index (χ3v) is 3.80. The fourth-order valence-corrected chi connectivity index (χ4v) is 2.41. The molecule has 0 bridgehead atoms. The van der Waals surface area contributed by atoms with Gasteiger partial charge in [0, 0.05) is 12.7 Å². The molecule has 2 aromatic heterocycles. The van der Waals surface area contributed by atoms with Crippen LogP contribution in [-0.2, 0) is 6.54 Å². The Balaban J connectivity index is 1.96. The molecule has 0 aliphatic rings. The molecule has 5 nitrogen and oxygen atoms in total. The molecule has 3 rings (SSSR count). The predicted octanol–water partition coefficient (Wildman–Crippen LogP) is 3.50. The number of benzene rings is 1. The summed E-state index contributed by atoms with van der Waals surface area (Å²) in [6, 6.07) is 11.3. The molecule has 0 saturated carbocycles. The minimum absolute atomic E-state index is 0.268. The number of rotatable bonds is 3. The molecule has 0 fully saturated rings. The van der Waals surface area contributed by atoms with E-state index in [-0.39, 0.29) is 5.69 Å². The van der Waals surface area contributed by atoms with Gasteiger partial charge >= 0.3 is 0 Å². The van der Waals surface area contributed by atoms with Gasteiger partial charge in [-0.2, -0.15) is 15.6 Å². The Hall–Kier alpha value is -2.29. The monoisotopic (exact) mass is 317 g/mol. The predicted molar refractivity (Wildman–Crippen MR) is 80.1 cm³/mol. The van der Waals surface area contributed by atoms with E-state index >= 15 is 0 Å². The number of halogens is 2. The molecule has 0 aliphatic heterocycles. The Morgan fingerprint density at radius 2 is 2.05 bits per heavy atom. The van der Waals surface area contributed by atoms with Crippen molar-refractivity contribution in [1.82, 2.24) is 20.0 Å². The van der Waals surface area contributed by atoms with E-state index in [1.807, 2.05) is 41.1 Å². The van der Waals surface area contributed by atoms with Crippen LogP contribution in [0.25, 0.3) is 11.4 Å². The molecule has 1 N–H and O–H groups in total. The van der Waals surface area contributed by atoms with E-state index in [2.05, 4.69) is 15.4 Å². The Bertz CT molecular complexity index is 828. The van der Waals surface area contributed by atoms with Crippen molar-refractivity contribution in [3.8, 4) is 17.5 Å². The summed E-state index contributed by atoms with van der Waals surface area (Å²) in [7, 11) is 0. The lowest BCUT2D eigenvalue weighted by Crippen LogP contribution is -2.01. The number of nitrogens with zero attached hydrogens (tertiary/aromatic N) is 4. The normalized spacial score (nSPS) is 10.5. The second-order valence-corrected chi connectivity index (χ2v) is 5.22. The molecule has 3 aromatic rings. The number of nitrogens with one attached hydrogen (secondary N) is 1. The summed E-state index contributed by atoms with van der Waals surface area (Å²) in [6.07, 6.45) is 1.91. The van der Waals surface area contributed by atoms with Crippen LogP contribution < -0.4 is 0 Å². The van der Waals surface area contributed by atoms with Crippen LogP contribution >= 0.6 is 23.2 Å². The Labute approximate surface area is 130 Å². The van der Waals surface area contributed by atoms with Crippen molar-refractivity contribution < 1.29 is 0 Å². The van der Waals surface area contributed by atoms with E-state index < -0.39 is 0 Å². The summed E-state index contributed by atoms with van der Waals surface area (Å²) < 4.78 is 1.97. The van der Waals surface area contributed by atoms with Crippen LogP contribution in [-0.4, -0.2) is 20.0 Å². The van der Waals surface area contributed by atoms with Crippen molar-refractivity contribution >= 4 is 23.2 Å². The van der Waals surface area contributed by atoms with Crippen molar-refractivity contribution in [2.75, 3.05) is 0 Å². The fraction of sp³-hybridized carbons (Fsp3) is 0.0714. The van der Waals surface area contributed by atoms with Crippen LogP contribution in [0.4, 0.5) is 0 Å². The first-order valence-corrected chi connectivity index (χ1v) is 6.85. The van der Waals surface area contributed by atoms with Crippen LogP contribution in [0.1, 0.15) is 11.3 Å². The molecule has 21 heavy (non-hydrogen) atoms. The smallest absolute Gasteiger partial charge is 0.191 e. The SMILES string of the molecule is N#Cc1n[nH]nc1-c1cccn1Cc1ccc(Cl)c(Cl)c1. The van der Waals surface area contributed by atoms with Gasteiger partial charge in [-0.3, -0.25) is 0 Å². The molecule has 0 atom stereocenters. The zero-order valence-electron chi connectivity index (χ0n) is 10.7. The molecule has 0 spiro atoms. The summed E-state index contributed by atoms with van der Waals surface area (Å²) in [6.45, 7) is 0.594. The molecule has 2 heterocycles. The topological polar surface area (TPSA) is 70.3 Å². The molecule has 0 unspecified atom stereocenters. The molecular weight excluding hydrogens is 309 g/mol. The maximum Gasteiger partial charge on any atom is 0.191 e. The average Bonchev–Trinajstić information content (AvgIpc) is 3.10. The second-order valence-electron chi connectivity index (χ2n) is 4.40. The van der Waals surface area contributed by atoms with E-state index in [1.54, 1.807) is 6.07 Å². The standard InChI is InChI=1S/C14H9Cl2N5/c15-10-4-3-9(6-11(10)16)8-21-5-1-2-13(21)14-12(7-17)18-20-19-14/h1-6H,8H2,(H,18,19,20). The van der Waals surface area contributed by atoms with Gasteiger partial charge in [0.25, 0.3) is 0 Å².